The molecule has 150 valence electrons. The van der Waals surface area contributed by atoms with Crippen molar-refractivity contribution >= 4 is 23.3 Å². The van der Waals surface area contributed by atoms with Gasteiger partial charge in [-0.1, -0.05) is 19.1 Å². The van der Waals surface area contributed by atoms with Gasteiger partial charge in [-0.05, 0) is 50.1 Å². The van der Waals surface area contributed by atoms with Crippen LogP contribution in [0.5, 0.6) is 0 Å². The Bertz CT molecular complexity index is 795. The van der Waals surface area contributed by atoms with Crippen LogP contribution in [-0.2, 0) is 16.1 Å². The summed E-state index contributed by atoms with van der Waals surface area (Å²) in [6.45, 7) is 6.35. The third-order valence-corrected chi connectivity index (χ3v) is 4.48. The summed E-state index contributed by atoms with van der Waals surface area (Å²) in [7, 11) is 1.46. The number of hydrogen-bond donors (Lipinski definition) is 2. The normalized spacial score (nSPS) is 11.6. The van der Waals surface area contributed by atoms with Gasteiger partial charge >= 0.3 is 6.03 Å². The Morgan fingerprint density at radius 1 is 1.21 bits per heavy atom. The molecule has 1 heterocycles. The lowest BCUT2D eigenvalue weighted by atomic mass is 10.1. The monoisotopic (exact) mass is 384 g/mol. The number of pyridine rings is 1. The van der Waals surface area contributed by atoms with Gasteiger partial charge in [0, 0.05) is 30.7 Å². The Labute approximate surface area is 166 Å². The Kier molecular flexibility index (Phi) is 7.95. The molecule has 0 saturated carbocycles. The highest BCUT2D eigenvalue weighted by Gasteiger charge is 2.20. The zero-order chi connectivity index (χ0) is 20.5. The first-order valence-electron chi connectivity index (χ1n) is 9.31. The molecule has 0 unspecified atom stereocenters. The van der Waals surface area contributed by atoms with Gasteiger partial charge in [-0.3, -0.25) is 9.78 Å². The number of aryl methyl sites for hydroxylation is 1. The van der Waals surface area contributed by atoms with Crippen LogP contribution in [0.3, 0.4) is 0 Å². The zero-order valence-corrected chi connectivity index (χ0v) is 16.9. The number of urea groups is 1. The van der Waals surface area contributed by atoms with E-state index >= 15 is 0 Å². The van der Waals surface area contributed by atoms with E-state index in [0.717, 1.165) is 17.7 Å². The predicted molar refractivity (Wildman–Crippen MR) is 110 cm³/mol. The van der Waals surface area contributed by atoms with Crippen LogP contribution in [0.1, 0.15) is 31.5 Å². The van der Waals surface area contributed by atoms with Crippen LogP contribution in [0.4, 0.5) is 16.2 Å². The van der Waals surface area contributed by atoms with E-state index in [0.29, 0.717) is 17.9 Å². The molecule has 3 amide bonds. The Balaban J connectivity index is 2.16. The average molecular weight is 384 g/mol. The molecule has 1 aromatic carbocycles. The number of benzene rings is 1. The maximum Gasteiger partial charge on any atom is 0.322 e. The molecule has 0 fully saturated rings. The summed E-state index contributed by atoms with van der Waals surface area (Å²) in [5, 5.41) is 5.72. The SMILES string of the molecule is CC[C@H](C)N(Cc1ccccn1)C(=O)Nc1cc(NC(=O)COC)ccc1C. The van der Waals surface area contributed by atoms with Crippen LogP contribution in [0.25, 0.3) is 0 Å². The van der Waals surface area contributed by atoms with E-state index in [1.165, 1.54) is 7.11 Å². The minimum absolute atomic E-state index is 0.0264. The molecule has 28 heavy (non-hydrogen) atoms. The molecule has 1 atom stereocenters. The first-order valence-corrected chi connectivity index (χ1v) is 9.31. The van der Waals surface area contributed by atoms with Gasteiger partial charge in [0.2, 0.25) is 5.91 Å². The second-order valence-corrected chi connectivity index (χ2v) is 6.65. The molecule has 0 saturated heterocycles. The van der Waals surface area contributed by atoms with Gasteiger partial charge in [0.05, 0.1) is 12.2 Å². The quantitative estimate of drug-likeness (QED) is 0.725. The van der Waals surface area contributed by atoms with Crippen molar-refractivity contribution < 1.29 is 14.3 Å². The fourth-order valence-corrected chi connectivity index (χ4v) is 2.66. The van der Waals surface area contributed by atoms with Crippen molar-refractivity contribution in [3.05, 3.63) is 53.9 Å². The van der Waals surface area contributed by atoms with Crippen molar-refractivity contribution in [2.45, 2.75) is 39.8 Å². The molecule has 0 spiro atoms. The molecule has 1 aromatic heterocycles. The summed E-state index contributed by atoms with van der Waals surface area (Å²) in [4.78, 5) is 30.8. The smallest absolute Gasteiger partial charge is 0.322 e. The highest BCUT2D eigenvalue weighted by atomic mass is 16.5. The second kappa shape index (κ2) is 10.4. The topological polar surface area (TPSA) is 83.6 Å². The number of nitrogens with zero attached hydrogens (tertiary/aromatic N) is 2. The van der Waals surface area contributed by atoms with Gasteiger partial charge in [0.25, 0.3) is 0 Å². The van der Waals surface area contributed by atoms with Crippen LogP contribution in [0, 0.1) is 6.92 Å². The summed E-state index contributed by atoms with van der Waals surface area (Å²) in [5.41, 5.74) is 2.98. The fraction of sp³-hybridized carbons (Fsp3) is 0.381. The van der Waals surface area contributed by atoms with E-state index in [-0.39, 0.29) is 24.6 Å². The summed E-state index contributed by atoms with van der Waals surface area (Å²) in [6.07, 6.45) is 2.55. The fourth-order valence-electron chi connectivity index (χ4n) is 2.66. The molecule has 0 bridgehead atoms. The number of hydrogen-bond acceptors (Lipinski definition) is 4. The number of amides is 3. The minimum Gasteiger partial charge on any atom is -0.375 e. The number of carbonyl (C=O) groups excluding carboxylic acids is 2. The van der Waals surface area contributed by atoms with Crippen molar-refractivity contribution in [2.24, 2.45) is 0 Å². The predicted octanol–water partition coefficient (Wildman–Crippen LogP) is 3.81. The number of methoxy groups -OCH3 is 1. The van der Waals surface area contributed by atoms with Gasteiger partial charge in [-0.2, -0.15) is 0 Å². The molecule has 2 rings (SSSR count). The van der Waals surface area contributed by atoms with Crippen molar-refractivity contribution in [3.63, 3.8) is 0 Å². The lowest BCUT2D eigenvalue weighted by Gasteiger charge is -2.29. The number of aromatic nitrogens is 1. The van der Waals surface area contributed by atoms with Crippen molar-refractivity contribution in [1.82, 2.24) is 9.88 Å². The number of rotatable bonds is 8. The van der Waals surface area contributed by atoms with Gasteiger partial charge in [-0.15, -0.1) is 0 Å². The molecule has 0 aliphatic heterocycles. The van der Waals surface area contributed by atoms with Gasteiger partial charge in [0.1, 0.15) is 6.61 Å². The van der Waals surface area contributed by atoms with E-state index < -0.39 is 0 Å². The summed E-state index contributed by atoms with van der Waals surface area (Å²) < 4.78 is 4.83. The Hall–Kier alpha value is -2.93. The van der Waals surface area contributed by atoms with Crippen molar-refractivity contribution in [3.8, 4) is 0 Å². The maximum atomic E-state index is 13.0. The van der Waals surface area contributed by atoms with Crippen LogP contribution in [0.15, 0.2) is 42.6 Å². The van der Waals surface area contributed by atoms with E-state index in [9.17, 15) is 9.59 Å². The number of nitrogens with one attached hydrogen (secondary N) is 2. The molecule has 7 nitrogen and oxygen atoms in total. The molecular formula is C21H28N4O3. The third-order valence-electron chi connectivity index (χ3n) is 4.48. The van der Waals surface area contributed by atoms with E-state index in [1.807, 2.05) is 45.0 Å². The van der Waals surface area contributed by atoms with Crippen molar-refractivity contribution in [2.75, 3.05) is 24.4 Å². The first kappa shape index (κ1) is 21.4. The first-order chi connectivity index (χ1) is 13.4. The molecule has 0 aliphatic carbocycles. The standard InChI is InChI=1S/C21H28N4O3/c1-5-16(3)25(13-18-8-6-7-11-22-18)21(27)24-19-12-17(10-9-15(19)2)23-20(26)14-28-4/h6-12,16H,5,13-14H2,1-4H3,(H,23,26)(H,24,27)/t16-/m0/s1. The molecular weight excluding hydrogens is 356 g/mol. The highest BCUT2D eigenvalue weighted by molar-refractivity contribution is 5.94. The molecule has 7 heteroatoms. The molecule has 2 N–H and O–H groups in total. The number of ether oxygens (including phenoxy) is 1. The molecule has 0 aliphatic rings. The van der Waals surface area contributed by atoms with Crippen LogP contribution in [-0.4, -0.2) is 41.6 Å². The number of carbonyl (C=O) groups is 2. The zero-order valence-electron chi connectivity index (χ0n) is 16.9. The van der Waals surface area contributed by atoms with Crippen LogP contribution < -0.4 is 10.6 Å². The summed E-state index contributed by atoms with van der Waals surface area (Å²) >= 11 is 0. The maximum absolute atomic E-state index is 13.0. The summed E-state index contributed by atoms with van der Waals surface area (Å²) in [6, 6.07) is 10.9. The largest absolute Gasteiger partial charge is 0.375 e. The lowest BCUT2D eigenvalue weighted by molar-refractivity contribution is -0.119. The van der Waals surface area contributed by atoms with Gasteiger partial charge in [0.15, 0.2) is 0 Å². The summed E-state index contributed by atoms with van der Waals surface area (Å²) in [5.74, 6) is -0.250. The average Bonchev–Trinajstić information content (AvgIpc) is 2.69. The highest BCUT2D eigenvalue weighted by Crippen LogP contribution is 2.22. The Morgan fingerprint density at radius 2 is 2.00 bits per heavy atom. The minimum atomic E-state index is -0.250. The lowest BCUT2D eigenvalue weighted by Crippen LogP contribution is -2.41. The van der Waals surface area contributed by atoms with E-state index in [1.54, 1.807) is 23.2 Å². The van der Waals surface area contributed by atoms with E-state index in [2.05, 4.69) is 15.6 Å². The molecule has 0 radical (unpaired) electrons. The Morgan fingerprint density at radius 3 is 2.64 bits per heavy atom. The molecule has 2 aromatic rings. The van der Waals surface area contributed by atoms with Crippen LogP contribution >= 0.6 is 0 Å². The van der Waals surface area contributed by atoms with Gasteiger partial charge < -0.3 is 20.3 Å². The second-order valence-electron chi connectivity index (χ2n) is 6.65. The number of anilines is 2. The van der Waals surface area contributed by atoms with Crippen molar-refractivity contribution in [1.29, 1.82) is 0 Å². The van der Waals surface area contributed by atoms with Gasteiger partial charge in [-0.25, -0.2) is 4.79 Å². The van der Waals surface area contributed by atoms with Crippen LogP contribution in [0.2, 0.25) is 0 Å². The van der Waals surface area contributed by atoms with E-state index in [4.69, 9.17) is 4.74 Å². The third kappa shape index (κ3) is 6.06.